The number of carbonyl (C=O) groups is 2. The number of amides is 3. The average Bonchev–Trinajstić information content (AvgIpc) is 3.33. The number of nitrogens with one attached hydrogen (secondary N) is 1. The highest BCUT2D eigenvalue weighted by atomic mass is 16.7. The quantitative estimate of drug-likeness (QED) is 0.438. The largest absolute Gasteiger partial charge is 0.444 e. The van der Waals surface area contributed by atoms with Crippen molar-refractivity contribution in [2.75, 3.05) is 6.54 Å². The number of hydrogen-bond donors (Lipinski definition) is 1. The van der Waals surface area contributed by atoms with E-state index in [1.54, 1.807) is 11.8 Å². The molecule has 2 atom stereocenters. The second kappa shape index (κ2) is 9.77. The lowest BCUT2D eigenvalue weighted by molar-refractivity contribution is -0.140. The fraction of sp³-hybridized carbons (Fsp3) is 0.577. The van der Waals surface area contributed by atoms with Crippen molar-refractivity contribution in [2.24, 2.45) is 4.99 Å². The minimum absolute atomic E-state index is 0.0133. The number of aliphatic imine (C=N–C) groups is 1. The Bertz CT molecular complexity index is 1170. The SMILES string of the molecule is CC(=NC1(Cc2nnc([C@@H]3CC[C@@H]4CN3C(=O)N4OCc3ccccc3)o2)CC1)NC(=O)OC(C)(C)C. The molecule has 2 aromatic rings. The van der Waals surface area contributed by atoms with E-state index >= 15 is 0 Å². The Labute approximate surface area is 216 Å². The van der Waals surface area contributed by atoms with Gasteiger partial charge in [0.05, 0.1) is 18.0 Å². The van der Waals surface area contributed by atoms with E-state index in [9.17, 15) is 9.59 Å². The van der Waals surface area contributed by atoms with Crippen molar-refractivity contribution in [3.8, 4) is 0 Å². The molecule has 1 saturated carbocycles. The molecule has 1 aromatic heterocycles. The van der Waals surface area contributed by atoms with E-state index in [2.05, 4.69) is 15.5 Å². The van der Waals surface area contributed by atoms with Crippen molar-refractivity contribution >= 4 is 18.0 Å². The van der Waals surface area contributed by atoms with E-state index in [1.165, 1.54) is 5.06 Å². The molecule has 1 aromatic carbocycles. The third kappa shape index (κ3) is 5.93. The van der Waals surface area contributed by atoms with Crippen LogP contribution in [0.25, 0.3) is 0 Å². The Morgan fingerprint density at radius 2 is 1.97 bits per heavy atom. The molecule has 5 rings (SSSR count). The zero-order valence-electron chi connectivity index (χ0n) is 21.8. The summed E-state index contributed by atoms with van der Waals surface area (Å²) in [6.07, 6.45) is 3.19. The summed E-state index contributed by atoms with van der Waals surface area (Å²) < 4.78 is 11.3. The van der Waals surface area contributed by atoms with E-state index in [1.807, 2.05) is 51.1 Å². The standard InChI is InChI=1S/C26H34N6O5/c1-17(27-23(33)37-25(2,3)4)28-26(12-13-26)14-21-29-30-22(36-21)20-11-10-19-15-31(20)24(34)32(19)35-16-18-8-6-5-7-9-18/h5-9,19-20H,10-16H2,1-4H3,(H,27,28,33)/t19-,20+/m1/s1. The molecule has 0 spiro atoms. The molecule has 3 aliphatic rings. The van der Waals surface area contributed by atoms with Crippen LogP contribution in [0, 0.1) is 0 Å². The number of benzene rings is 1. The van der Waals surface area contributed by atoms with Crippen LogP contribution in [0.5, 0.6) is 0 Å². The van der Waals surface area contributed by atoms with Gasteiger partial charge in [-0.05, 0) is 58.9 Å². The summed E-state index contributed by atoms with van der Waals surface area (Å²) in [5, 5.41) is 12.7. The molecular weight excluding hydrogens is 476 g/mol. The van der Waals surface area contributed by atoms with Gasteiger partial charge in [-0.3, -0.25) is 15.1 Å². The number of rotatable bonds is 7. The number of ether oxygens (including phenoxy) is 1. The molecule has 0 unspecified atom stereocenters. The molecule has 11 nitrogen and oxygen atoms in total. The first-order valence-corrected chi connectivity index (χ1v) is 12.8. The van der Waals surface area contributed by atoms with Gasteiger partial charge in [0, 0.05) is 6.54 Å². The van der Waals surface area contributed by atoms with Crippen LogP contribution in [0.2, 0.25) is 0 Å². The summed E-state index contributed by atoms with van der Waals surface area (Å²) >= 11 is 0. The van der Waals surface area contributed by atoms with Crippen LogP contribution in [0.3, 0.4) is 0 Å². The van der Waals surface area contributed by atoms with Crippen LogP contribution in [0.4, 0.5) is 9.59 Å². The molecule has 1 aliphatic carbocycles. The first-order chi connectivity index (χ1) is 17.6. The number of fused-ring (bicyclic) bond motifs is 2. The molecule has 0 radical (unpaired) electrons. The van der Waals surface area contributed by atoms with Crippen molar-refractivity contribution in [3.05, 3.63) is 47.7 Å². The number of amidine groups is 1. The summed E-state index contributed by atoms with van der Waals surface area (Å²) in [4.78, 5) is 37.5. The molecule has 3 fully saturated rings. The molecule has 3 amide bonds. The Hall–Kier alpha value is -3.47. The maximum atomic E-state index is 13.1. The van der Waals surface area contributed by atoms with E-state index in [0.717, 1.165) is 31.2 Å². The highest BCUT2D eigenvalue weighted by molar-refractivity contribution is 5.94. The maximum Gasteiger partial charge on any atom is 0.413 e. The smallest absolute Gasteiger partial charge is 0.413 e. The normalized spacial score (nSPS) is 22.8. The predicted molar refractivity (Wildman–Crippen MR) is 133 cm³/mol. The number of alkyl carbamates (subject to hydrolysis) is 1. The van der Waals surface area contributed by atoms with Gasteiger partial charge in [0.25, 0.3) is 0 Å². The van der Waals surface area contributed by atoms with Crippen LogP contribution in [0.15, 0.2) is 39.7 Å². The lowest BCUT2D eigenvalue weighted by Crippen LogP contribution is -2.36. The van der Waals surface area contributed by atoms with E-state index in [-0.39, 0.29) is 23.7 Å². The van der Waals surface area contributed by atoms with E-state index in [4.69, 9.17) is 19.0 Å². The third-order valence-corrected chi connectivity index (χ3v) is 6.70. The van der Waals surface area contributed by atoms with Gasteiger partial charge in [-0.15, -0.1) is 10.2 Å². The number of piperidine rings is 1. The molecular formula is C26H34N6O5. The molecule has 2 saturated heterocycles. The lowest BCUT2D eigenvalue weighted by Gasteiger charge is -2.27. The minimum Gasteiger partial charge on any atom is -0.444 e. The van der Waals surface area contributed by atoms with Gasteiger partial charge in [-0.25, -0.2) is 9.59 Å². The van der Waals surface area contributed by atoms with Crippen LogP contribution in [-0.2, 0) is 22.6 Å². The molecule has 198 valence electrons. The number of aromatic nitrogens is 2. The first-order valence-electron chi connectivity index (χ1n) is 12.8. The summed E-state index contributed by atoms with van der Waals surface area (Å²) in [6, 6.07) is 9.37. The Balaban J connectivity index is 1.19. The monoisotopic (exact) mass is 510 g/mol. The molecule has 2 bridgehead atoms. The Morgan fingerprint density at radius 1 is 1.22 bits per heavy atom. The second-order valence-corrected chi connectivity index (χ2v) is 11.0. The number of urea groups is 1. The van der Waals surface area contributed by atoms with Gasteiger partial charge in [0.1, 0.15) is 24.1 Å². The summed E-state index contributed by atoms with van der Waals surface area (Å²) in [5.74, 6) is 1.41. The van der Waals surface area contributed by atoms with Crippen molar-refractivity contribution in [2.45, 2.75) is 89.6 Å². The predicted octanol–water partition coefficient (Wildman–Crippen LogP) is 4.16. The van der Waals surface area contributed by atoms with E-state index in [0.29, 0.717) is 37.2 Å². The van der Waals surface area contributed by atoms with Gasteiger partial charge < -0.3 is 14.1 Å². The molecule has 3 heterocycles. The van der Waals surface area contributed by atoms with Crippen LogP contribution >= 0.6 is 0 Å². The van der Waals surface area contributed by atoms with Gasteiger partial charge >= 0.3 is 12.1 Å². The van der Waals surface area contributed by atoms with Gasteiger partial charge in [0.15, 0.2) is 0 Å². The van der Waals surface area contributed by atoms with Crippen LogP contribution in [-0.4, -0.2) is 61.8 Å². The van der Waals surface area contributed by atoms with Crippen molar-refractivity contribution < 1.29 is 23.6 Å². The third-order valence-electron chi connectivity index (χ3n) is 6.70. The fourth-order valence-corrected chi connectivity index (χ4v) is 4.83. The van der Waals surface area contributed by atoms with Crippen molar-refractivity contribution in [1.29, 1.82) is 0 Å². The molecule has 1 N–H and O–H groups in total. The Morgan fingerprint density at radius 3 is 2.68 bits per heavy atom. The second-order valence-electron chi connectivity index (χ2n) is 11.0. The zero-order chi connectivity index (χ0) is 26.2. The highest BCUT2D eigenvalue weighted by Crippen LogP contribution is 2.43. The van der Waals surface area contributed by atoms with Crippen LogP contribution in [0.1, 0.15) is 76.8 Å². The van der Waals surface area contributed by atoms with Gasteiger partial charge in [-0.1, -0.05) is 30.3 Å². The molecule has 2 aliphatic heterocycles. The number of carbonyl (C=O) groups excluding carboxylic acids is 2. The lowest BCUT2D eigenvalue weighted by atomic mass is 10.0. The number of hydroxylamine groups is 2. The molecule has 11 heteroatoms. The summed E-state index contributed by atoms with van der Waals surface area (Å²) in [6.45, 7) is 8.09. The van der Waals surface area contributed by atoms with E-state index < -0.39 is 11.7 Å². The average molecular weight is 511 g/mol. The zero-order valence-corrected chi connectivity index (χ0v) is 21.8. The Kier molecular flexibility index (Phi) is 6.65. The highest BCUT2D eigenvalue weighted by Gasteiger charge is 2.48. The topological polar surface area (TPSA) is 122 Å². The van der Waals surface area contributed by atoms with Crippen molar-refractivity contribution in [3.63, 3.8) is 0 Å². The summed E-state index contributed by atoms with van der Waals surface area (Å²) in [7, 11) is 0. The number of hydrogen-bond acceptors (Lipinski definition) is 8. The van der Waals surface area contributed by atoms with Gasteiger partial charge in [-0.2, -0.15) is 5.06 Å². The number of nitrogens with zero attached hydrogens (tertiary/aromatic N) is 5. The minimum atomic E-state index is -0.581. The summed E-state index contributed by atoms with van der Waals surface area (Å²) in [5.41, 5.74) is 0.0625. The maximum absolute atomic E-state index is 13.1. The van der Waals surface area contributed by atoms with Gasteiger partial charge in [0.2, 0.25) is 11.8 Å². The fourth-order valence-electron chi connectivity index (χ4n) is 4.83. The van der Waals surface area contributed by atoms with Crippen molar-refractivity contribution in [1.82, 2.24) is 25.5 Å². The van der Waals surface area contributed by atoms with Crippen LogP contribution < -0.4 is 5.32 Å². The molecule has 37 heavy (non-hydrogen) atoms. The first kappa shape index (κ1) is 25.2.